The first kappa shape index (κ1) is 13.8. The van der Waals surface area contributed by atoms with Crippen molar-refractivity contribution in [3.63, 3.8) is 0 Å². The highest BCUT2D eigenvalue weighted by Gasteiger charge is 2.18. The van der Waals surface area contributed by atoms with Gasteiger partial charge >= 0.3 is 0 Å². The highest BCUT2D eigenvalue weighted by molar-refractivity contribution is 7.87. The van der Waals surface area contributed by atoms with Crippen LogP contribution in [-0.4, -0.2) is 34.1 Å². The Balaban J connectivity index is 3.86. The van der Waals surface area contributed by atoms with Gasteiger partial charge in [-0.3, -0.25) is 0 Å². The van der Waals surface area contributed by atoms with Gasteiger partial charge in [-0.1, -0.05) is 0 Å². The summed E-state index contributed by atoms with van der Waals surface area (Å²) in [6.45, 7) is 6.67. The van der Waals surface area contributed by atoms with Crippen molar-refractivity contribution >= 4 is 10.2 Å². The zero-order valence-corrected chi connectivity index (χ0v) is 10.2. The van der Waals surface area contributed by atoms with Gasteiger partial charge in [0.05, 0.1) is 0 Å². The topological polar surface area (TPSA) is 70.2 Å². The molecule has 0 spiro atoms. The normalized spacial score (nSPS) is 13.1. The van der Waals surface area contributed by atoms with Crippen LogP contribution in [0.4, 0.5) is 0 Å². The first-order chi connectivity index (χ1) is 6.27. The number of nitrogens with one attached hydrogen (secondary N) is 3. The van der Waals surface area contributed by atoms with Gasteiger partial charge in [0.15, 0.2) is 0 Å². The summed E-state index contributed by atoms with van der Waals surface area (Å²) < 4.78 is 27.7. The molecule has 0 radical (unpaired) electrons. The second-order valence-electron chi connectivity index (χ2n) is 4.21. The summed E-state index contributed by atoms with van der Waals surface area (Å²) in [5.74, 6) is 0. The molecule has 0 aromatic rings. The van der Waals surface area contributed by atoms with Gasteiger partial charge in [0, 0.05) is 12.1 Å². The number of hydrogen-bond acceptors (Lipinski definition) is 3. The molecule has 0 rings (SSSR count). The van der Waals surface area contributed by atoms with Crippen LogP contribution in [0.25, 0.3) is 0 Å². The van der Waals surface area contributed by atoms with Gasteiger partial charge in [-0.2, -0.15) is 13.1 Å². The molecule has 5 nitrogen and oxygen atoms in total. The smallest absolute Gasteiger partial charge is 0.277 e. The van der Waals surface area contributed by atoms with Gasteiger partial charge in [0.1, 0.15) is 0 Å². The minimum absolute atomic E-state index is 0.436. The molecule has 0 heterocycles. The summed E-state index contributed by atoms with van der Waals surface area (Å²) in [6, 6.07) is 0. The molecular weight excluding hydrogens is 202 g/mol. The maximum atomic E-state index is 11.4. The Morgan fingerprint density at radius 2 is 1.71 bits per heavy atom. The van der Waals surface area contributed by atoms with E-state index in [0.717, 1.165) is 13.0 Å². The Morgan fingerprint density at radius 3 is 2.14 bits per heavy atom. The van der Waals surface area contributed by atoms with Crippen molar-refractivity contribution in [2.45, 2.75) is 32.7 Å². The summed E-state index contributed by atoms with van der Waals surface area (Å²) in [5, 5.41) is 2.95. The van der Waals surface area contributed by atoms with E-state index in [-0.39, 0.29) is 0 Å². The average Bonchev–Trinajstić information content (AvgIpc) is 1.93. The van der Waals surface area contributed by atoms with Crippen molar-refractivity contribution in [2.75, 3.05) is 20.1 Å². The van der Waals surface area contributed by atoms with Gasteiger partial charge in [-0.05, 0) is 40.8 Å². The van der Waals surface area contributed by atoms with Crippen LogP contribution in [0.15, 0.2) is 0 Å². The average molecular weight is 223 g/mol. The van der Waals surface area contributed by atoms with Gasteiger partial charge in [0.25, 0.3) is 10.2 Å². The summed E-state index contributed by atoms with van der Waals surface area (Å²) >= 11 is 0. The third-order valence-corrected chi connectivity index (χ3v) is 2.80. The minimum atomic E-state index is -3.35. The van der Waals surface area contributed by atoms with E-state index >= 15 is 0 Å². The molecule has 0 atom stereocenters. The summed E-state index contributed by atoms with van der Waals surface area (Å²) in [7, 11) is -1.51. The van der Waals surface area contributed by atoms with Crippen LogP contribution >= 0.6 is 0 Å². The van der Waals surface area contributed by atoms with Crippen molar-refractivity contribution in [3.05, 3.63) is 0 Å². The molecule has 0 saturated heterocycles. The fraction of sp³-hybridized carbons (Fsp3) is 1.00. The molecule has 0 aliphatic carbocycles. The molecule has 86 valence electrons. The van der Waals surface area contributed by atoms with Crippen LogP contribution in [0.3, 0.4) is 0 Å². The first-order valence-electron chi connectivity index (χ1n) is 4.70. The predicted molar refractivity (Wildman–Crippen MR) is 58.4 cm³/mol. The van der Waals surface area contributed by atoms with E-state index in [2.05, 4.69) is 14.8 Å². The predicted octanol–water partition coefficient (Wildman–Crippen LogP) is -0.182. The fourth-order valence-electron chi connectivity index (χ4n) is 0.911. The highest BCUT2D eigenvalue weighted by Crippen LogP contribution is 2.00. The molecule has 14 heavy (non-hydrogen) atoms. The lowest BCUT2D eigenvalue weighted by Crippen LogP contribution is -2.47. The molecule has 3 N–H and O–H groups in total. The van der Waals surface area contributed by atoms with Gasteiger partial charge in [-0.25, -0.2) is 4.72 Å². The molecule has 0 amide bonds. The third-order valence-electron chi connectivity index (χ3n) is 1.34. The Hall–Kier alpha value is -0.170. The molecular formula is C8H21N3O2S. The molecule has 0 aromatic heterocycles. The molecule has 0 saturated carbocycles. The van der Waals surface area contributed by atoms with E-state index in [4.69, 9.17) is 0 Å². The summed E-state index contributed by atoms with van der Waals surface area (Å²) in [4.78, 5) is 0. The lowest BCUT2D eigenvalue weighted by atomic mass is 10.1. The van der Waals surface area contributed by atoms with Gasteiger partial charge in [-0.15, -0.1) is 0 Å². The SMILES string of the molecule is CNCCCNS(=O)(=O)NC(C)(C)C. The van der Waals surface area contributed by atoms with E-state index in [1.165, 1.54) is 0 Å². The number of rotatable bonds is 6. The highest BCUT2D eigenvalue weighted by atomic mass is 32.2. The summed E-state index contributed by atoms with van der Waals surface area (Å²) in [6.07, 6.45) is 0.779. The van der Waals surface area contributed by atoms with Crippen molar-refractivity contribution in [3.8, 4) is 0 Å². The minimum Gasteiger partial charge on any atom is -0.320 e. The quantitative estimate of drug-likeness (QED) is 0.547. The lowest BCUT2D eigenvalue weighted by Gasteiger charge is -2.20. The van der Waals surface area contributed by atoms with Gasteiger partial charge < -0.3 is 5.32 Å². The van der Waals surface area contributed by atoms with E-state index in [1.807, 2.05) is 7.05 Å². The molecule has 0 aromatic carbocycles. The Labute approximate surface area is 86.8 Å². The standard InChI is InChI=1S/C8H21N3O2S/c1-8(2,3)11-14(12,13)10-7-5-6-9-4/h9-11H,5-7H2,1-4H3. The molecule has 0 bridgehead atoms. The van der Waals surface area contributed by atoms with Crippen LogP contribution in [0, 0.1) is 0 Å². The second-order valence-corrected chi connectivity index (χ2v) is 5.71. The van der Waals surface area contributed by atoms with Crippen molar-refractivity contribution in [2.24, 2.45) is 0 Å². The zero-order valence-electron chi connectivity index (χ0n) is 9.35. The third kappa shape index (κ3) is 8.43. The monoisotopic (exact) mass is 223 g/mol. The fourth-order valence-corrected chi connectivity index (χ4v) is 2.20. The van der Waals surface area contributed by atoms with Crippen LogP contribution in [0.5, 0.6) is 0 Å². The Bertz CT molecular complexity index is 244. The molecule has 0 fully saturated rings. The van der Waals surface area contributed by atoms with E-state index in [0.29, 0.717) is 6.54 Å². The molecule has 0 aliphatic heterocycles. The van der Waals surface area contributed by atoms with Crippen molar-refractivity contribution in [1.29, 1.82) is 0 Å². The van der Waals surface area contributed by atoms with Crippen LogP contribution in [-0.2, 0) is 10.2 Å². The maximum absolute atomic E-state index is 11.4. The second kappa shape index (κ2) is 5.65. The zero-order chi connectivity index (χ0) is 11.2. The molecule has 0 unspecified atom stereocenters. The van der Waals surface area contributed by atoms with E-state index in [9.17, 15) is 8.42 Å². The summed E-state index contributed by atoms with van der Waals surface area (Å²) in [5.41, 5.74) is -0.436. The van der Waals surface area contributed by atoms with E-state index in [1.54, 1.807) is 20.8 Å². The van der Waals surface area contributed by atoms with Crippen LogP contribution < -0.4 is 14.8 Å². The van der Waals surface area contributed by atoms with Gasteiger partial charge in [0.2, 0.25) is 0 Å². The Kier molecular flexibility index (Phi) is 5.58. The molecule has 6 heteroatoms. The van der Waals surface area contributed by atoms with Crippen LogP contribution in [0.2, 0.25) is 0 Å². The van der Waals surface area contributed by atoms with Crippen molar-refractivity contribution < 1.29 is 8.42 Å². The largest absolute Gasteiger partial charge is 0.320 e. The Morgan fingerprint density at radius 1 is 1.14 bits per heavy atom. The van der Waals surface area contributed by atoms with E-state index < -0.39 is 15.7 Å². The lowest BCUT2D eigenvalue weighted by molar-refractivity contribution is 0.483. The van der Waals surface area contributed by atoms with Crippen molar-refractivity contribution in [1.82, 2.24) is 14.8 Å². The first-order valence-corrected chi connectivity index (χ1v) is 6.18. The maximum Gasteiger partial charge on any atom is 0.277 e. The molecule has 0 aliphatic rings. The number of hydrogen-bond donors (Lipinski definition) is 3. The van der Waals surface area contributed by atoms with Crippen LogP contribution in [0.1, 0.15) is 27.2 Å².